The fourth-order valence-electron chi connectivity index (χ4n) is 1.88. The summed E-state index contributed by atoms with van der Waals surface area (Å²) in [6, 6.07) is 5.89. The molecule has 2 N–H and O–H groups in total. The van der Waals surface area contributed by atoms with Crippen LogP contribution in [-0.4, -0.2) is 4.98 Å². The maximum Gasteiger partial charge on any atom is 0.0949 e. The number of hydrogen-bond acceptors (Lipinski definition) is 3. The van der Waals surface area contributed by atoms with Crippen molar-refractivity contribution in [2.24, 2.45) is 5.73 Å². The summed E-state index contributed by atoms with van der Waals surface area (Å²) in [6.45, 7) is 6.11. The second-order valence-corrected chi connectivity index (χ2v) is 6.20. The van der Waals surface area contributed by atoms with Gasteiger partial charge in [-0.3, -0.25) is 0 Å². The van der Waals surface area contributed by atoms with Gasteiger partial charge in [0.15, 0.2) is 0 Å². The van der Waals surface area contributed by atoms with Crippen LogP contribution in [0.15, 0.2) is 18.2 Å². The van der Waals surface area contributed by atoms with Gasteiger partial charge in [0.25, 0.3) is 0 Å². The summed E-state index contributed by atoms with van der Waals surface area (Å²) in [4.78, 5) is 5.78. The molecule has 1 heterocycles. The molecule has 2 aromatic rings. The number of benzene rings is 1. The molecule has 0 saturated heterocycles. The van der Waals surface area contributed by atoms with Gasteiger partial charge in [-0.2, -0.15) is 0 Å². The molecule has 0 spiro atoms. The average Bonchev–Trinajstić information content (AvgIpc) is 2.61. The molecule has 96 valence electrons. The van der Waals surface area contributed by atoms with Crippen LogP contribution < -0.4 is 5.73 Å². The van der Waals surface area contributed by atoms with Crippen LogP contribution >= 0.6 is 22.9 Å². The number of hydrogen-bond donors (Lipinski definition) is 1. The van der Waals surface area contributed by atoms with Crippen molar-refractivity contribution in [2.75, 3.05) is 0 Å². The first-order chi connectivity index (χ1) is 8.49. The van der Waals surface area contributed by atoms with Crippen LogP contribution in [0.1, 0.15) is 32.7 Å². The Balaban J connectivity index is 2.21. The Kier molecular flexibility index (Phi) is 4.05. The van der Waals surface area contributed by atoms with E-state index in [2.05, 4.69) is 11.9 Å². The summed E-state index contributed by atoms with van der Waals surface area (Å²) >= 11 is 8.01. The molecule has 4 heteroatoms. The first-order valence-electron chi connectivity index (χ1n) is 5.92. The fourth-order valence-corrected chi connectivity index (χ4v) is 3.14. The van der Waals surface area contributed by atoms with Gasteiger partial charge in [-0.05, 0) is 31.9 Å². The zero-order chi connectivity index (χ0) is 13.3. The van der Waals surface area contributed by atoms with E-state index in [9.17, 15) is 0 Å². The van der Waals surface area contributed by atoms with Crippen LogP contribution in [0.4, 0.5) is 0 Å². The summed E-state index contributed by atoms with van der Waals surface area (Å²) in [6.07, 6.45) is 0.739. The van der Waals surface area contributed by atoms with E-state index in [1.807, 2.05) is 32.0 Å². The molecule has 2 rings (SSSR count). The molecule has 0 radical (unpaired) electrons. The van der Waals surface area contributed by atoms with E-state index in [4.69, 9.17) is 17.3 Å². The van der Waals surface area contributed by atoms with Crippen LogP contribution in [-0.2, 0) is 6.42 Å². The van der Waals surface area contributed by atoms with Gasteiger partial charge in [0, 0.05) is 22.4 Å². The van der Waals surface area contributed by atoms with Gasteiger partial charge in [-0.15, -0.1) is 11.3 Å². The largest absolute Gasteiger partial charge is 0.324 e. The maximum atomic E-state index is 6.29. The second kappa shape index (κ2) is 5.39. The van der Waals surface area contributed by atoms with Crippen molar-refractivity contribution >= 4 is 22.9 Å². The molecule has 1 aromatic heterocycles. The highest BCUT2D eigenvalue weighted by molar-refractivity contribution is 7.11. The first-order valence-corrected chi connectivity index (χ1v) is 7.12. The minimum absolute atomic E-state index is 0.0950. The van der Waals surface area contributed by atoms with Gasteiger partial charge in [0.05, 0.1) is 10.7 Å². The topological polar surface area (TPSA) is 38.9 Å². The van der Waals surface area contributed by atoms with E-state index >= 15 is 0 Å². The second-order valence-electron chi connectivity index (χ2n) is 4.54. The highest BCUT2D eigenvalue weighted by Gasteiger charge is 2.14. The van der Waals surface area contributed by atoms with Gasteiger partial charge in [-0.25, -0.2) is 4.98 Å². The van der Waals surface area contributed by atoms with E-state index in [0.717, 1.165) is 33.3 Å². The van der Waals surface area contributed by atoms with Crippen LogP contribution in [0.2, 0.25) is 5.02 Å². The van der Waals surface area contributed by atoms with Crippen LogP contribution in [0.25, 0.3) is 0 Å². The van der Waals surface area contributed by atoms with Crippen molar-refractivity contribution in [1.82, 2.24) is 4.98 Å². The van der Waals surface area contributed by atoms with Gasteiger partial charge in [-0.1, -0.05) is 29.8 Å². The third-order valence-corrected chi connectivity index (χ3v) is 4.70. The summed E-state index contributed by atoms with van der Waals surface area (Å²) in [5.41, 5.74) is 9.40. The Morgan fingerprint density at radius 2 is 2.06 bits per heavy atom. The Bertz CT molecular complexity index is 543. The number of rotatable bonds is 3. The Morgan fingerprint density at radius 1 is 1.33 bits per heavy atom. The molecule has 18 heavy (non-hydrogen) atoms. The minimum atomic E-state index is -0.0950. The van der Waals surface area contributed by atoms with Crippen molar-refractivity contribution in [1.29, 1.82) is 0 Å². The number of thiazole rings is 1. The smallest absolute Gasteiger partial charge is 0.0949 e. The lowest BCUT2D eigenvalue weighted by atomic mass is 10.0. The summed E-state index contributed by atoms with van der Waals surface area (Å²) in [7, 11) is 0. The van der Waals surface area contributed by atoms with Crippen molar-refractivity contribution < 1.29 is 0 Å². The highest BCUT2D eigenvalue weighted by Crippen LogP contribution is 2.28. The van der Waals surface area contributed by atoms with Crippen molar-refractivity contribution in [2.45, 2.75) is 33.2 Å². The summed E-state index contributed by atoms with van der Waals surface area (Å²) in [5.74, 6) is 0. The van der Waals surface area contributed by atoms with E-state index in [1.54, 1.807) is 11.3 Å². The third kappa shape index (κ3) is 2.74. The summed E-state index contributed by atoms with van der Waals surface area (Å²) < 4.78 is 0. The average molecular weight is 281 g/mol. The van der Waals surface area contributed by atoms with Crippen LogP contribution in [0.3, 0.4) is 0 Å². The molecule has 1 atom stereocenters. The maximum absolute atomic E-state index is 6.29. The SMILES string of the molecule is Cc1cccc(C(N)Cc2nc(C)c(C)s2)c1Cl. The Labute approximate surface area is 117 Å². The number of nitrogens with zero attached hydrogens (tertiary/aromatic N) is 1. The number of aryl methyl sites for hydroxylation is 3. The third-order valence-electron chi connectivity index (χ3n) is 3.09. The lowest BCUT2D eigenvalue weighted by molar-refractivity contribution is 0.716. The summed E-state index contributed by atoms with van der Waals surface area (Å²) in [5, 5.41) is 1.85. The highest BCUT2D eigenvalue weighted by atomic mass is 35.5. The molecule has 0 aliphatic carbocycles. The molecule has 0 bridgehead atoms. The quantitative estimate of drug-likeness (QED) is 0.924. The number of halogens is 1. The molecule has 0 aliphatic rings. The normalized spacial score (nSPS) is 12.7. The molecular weight excluding hydrogens is 264 g/mol. The van der Waals surface area contributed by atoms with Gasteiger partial charge < -0.3 is 5.73 Å². The molecule has 0 saturated carbocycles. The lowest BCUT2D eigenvalue weighted by Crippen LogP contribution is -2.14. The van der Waals surface area contributed by atoms with Crippen LogP contribution in [0.5, 0.6) is 0 Å². The monoisotopic (exact) mass is 280 g/mol. The molecule has 0 fully saturated rings. The zero-order valence-electron chi connectivity index (χ0n) is 10.8. The van der Waals surface area contributed by atoms with E-state index < -0.39 is 0 Å². The predicted octanol–water partition coefficient (Wildman–Crippen LogP) is 3.96. The first kappa shape index (κ1) is 13.5. The van der Waals surface area contributed by atoms with Gasteiger partial charge in [0.2, 0.25) is 0 Å². The van der Waals surface area contributed by atoms with Gasteiger partial charge in [0.1, 0.15) is 0 Å². The molecule has 0 amide bonds. The fraction of sp³-hybridized carbons (Fsp3) is 0.357. The predicted molar refractivity (Wildman–Crippen MR) is 78.4 cm³/mol. The molecule has 0 aliphatic heterocycles. The molecule has 1 unspecified atom stereocenters. The van der Waals surface area contributed by atoms with E-state index in [-0.39, 0.29) is 6.04 Å². The lowest BCUT2D eigenvalue weighted by Gasteiger charge is -2.13. The standard InChI is InChI=1S/C14H17ClN2S/c1-8-5-4-6-11(14(8)15)12(16)7-13-17-9(2)10(3)18-13/h4-6,12H,7,16H2,1-3H3. The van der Waals surface area contributed by atoms with Crippen molar-refractivity contribution in [3.8, 4) is 0 Å². The Hall–Kier alpha value is -0.900. The molecular formula is C14H17ClN2S. The van der Waals surface area contributed by atoms with Gasteiger partial charge >= 0.3 is 0 Å². The molecule has 1 aromatic carbocycles. The molecule has 2 nitrogen and oxygen atoms in total. The zero-order valence-corrected chi connectivity index (χ0v) is 12.4. The van der Waals surface area contributed by atoms with Crippen molar-refractivity contribution in [3.05, 3.63) is 49.9 Å². The number of nitrogens with two attached hydrogens (primary N) is 1. The number of aromatic nitrogens is 1. The van der Waals surface area contributed by atoms with E-state index in [1.165, 1.54) is 4.88 Å². The van der Waals surface area contributed by atoms with Crippen molar-refractivity contribution in [3.63, 3.8) is 0 Å². The Morgan fingerprint density at radius 3 is 2.67 bits per heavy atom. The minimum Gasteiger partial charge on any atom is -0.324 e. The van der Waals surface area contributed by atoms with E-state index in [0.29, 0.717) is 0 Å². The van der Waals surface area contributed by atoms with Crippen LogP contribution in [0, 0.1) is 20.8 Å².